The van der Waals surface area contributed by atoms with Crippen molar-refractivity contribution < 1.29 is 14.3 Å². The van der Waals surface area contributed by atoms with Crippen LogP contribution in [0.4, 0.5) is 11.4 Å². The highest BCUT2D eigenvalue weighted by molar-refractivity contribution is 7.80. The summed E-state index contributed by atoms with van der Waals surface area (Å²) in [7, 11) is 0. The van der Waals surface area contributed by atoms with Gasteiger partial charge in [0.2, 0.25) is 0 Å². The summed E-state index contributed by atoms with van der Waals surface area (Å²) < 4.78 is 5.63. The largest absolute Gasteiger partial charge is 0.494 e. The Balaban J connectivity index is 1.27. The normalized spacial score (nSPS) is 13.2. The number of benzene rings is 2. The number of anilines is 2. The number of nitrogens with one attached hydrogen (secondary N) is 2. The molecule has 0 bridgehead atoms. The molecular weight excluding hydrogens is 528 g/mol. The molecule has 2 amide bonds. The second kappa shape index (κ2) is 12.9. The average molecular weight is 557 g/mol. The van der Waals surface area contributed by atoms with Gasteiger partial charge in [0, 0.05) is 37.4 Å². The van der Waals surface area contributed by atoms with E-state index in [0.717, 1.165) is 29.2 Å². The summed E-state index contributed by atoms with van der Waals surface area (Å²) in [5.74, 6) is 0.498. The third kappa shape index (κ3) is 7.21. The fraction of sp³-hybridized carbons (Fsp3) is 0.296. The molecule has 1 fully saturated rings. The monoisotopic (exact) mass is 556 g/mol. The lowest BCUT2D eigenvalue weighted by molar-refractivity contribution is 0.0751. The van der Waals surface area contributed by atoms with Crippen LogP contribution >= 0.6 is 35.2 Å². The van der Waals surface area contributed by atoms with E-state index in [1.165, 1.54) is 11.3 Å². The predicted octanol–water partition coefficient (Wildman–Crippen LogP) is 5.67. The molecule has 194 valence electrons. The number of piperazine rings is 1. The molecule has 37 heavy (non-hydrogen) atoms. The Labute approximate surface area is 231 Å². The van der Waals surface area contributed by atoms with Crippen molar-refractivity contribution in [1.82, 2.24) is 10.2 Å². The SMILES string of the molecule is CCCCOc1ccc(C(=O)NC(=S)Nc2ccc(N3CCN(C(=O)c4cccs4)CC3)c(Cl)c2)cc1. The van der Waals surface area contributed by atoms with E-state index in [9.17, 15) is 9.59 Å². The molecule has 1 aliphatic heterocycles. The molecule has 0 saturated carbocycles. The van der Waals surface area contributed by atoms with Crippen molar-refractivity contribution in [1.29, 1.82) is 0 Å². The van der Waals surface area contributed by atoms with Crippen molar-refractivity contribution in [2.75, 3.05) is 43.0 Å². The van der Waals surface area contributed by atoms with Gasteiger partial charge >= 0.3 is 0 Å². The van der Waals surface area contributed by atoms with Crippen molar-refractivity contribution in [2.45, 2.75) is 19.8 Å². The minimum atomic E-state index is -0.310. The average Bonchev–Trinajstić information content (AvgIpc) is 3.44. The van der Waals surface area contributed by atoms with Crippen LogP contribution in [0.15, 0.2) is 60.0 Å². The van der Waals surface area contributed by atoms with Crippen LogP contribution in [0.25, 0.3) is 0 Å². The van der Waals surface area contributed by atoms with Crippen molar-refractivity contribution in [3.05, 3.63) is 75.4 Å². The van der Waals surface area contributed by atoms with Gasteiger partial charge in [-0.15, -0.1) is 11.3 Å². The Kier molecular flexibility index (Phi) is 9.38. The number of ether oxygens (including phenoxy) is 1. The maximum Gasteiger partial charge on any atom is 0.264 e. The van der Waals surface area contributed by atoms with Crippen LogP contribution in [0.3, 0.4) is 0 Å². The molecule has 0 aliphatic carbocycles. The van der Waals surface area contributed by atoms with Crippen LogP contribution in [0.5, 0.6) is 5.75 Å². The van der Waals surface area contributed by atoms with Gasteiger partial charge in [-0.2, -0.15) is 0 Å². The third-order valence-corrected chi connectivity index (χ3v) is 7.32. The predicted molar refractivity (Wildman–Crippen MR) is 154 cm³/mol. The molecule has 2 heterocycles. The zero-order chi connectivity index (χ0) is 26.2. The topological polar surface area (TPSA) is 73.9 Å². The van der Waals surface area contributed by atoms with Crippen LogP contribution in [0.1, 0.15) is 39.8 Å². The number of hydrogen-bond donors (Lipinski definition) is 2. The highest BCUT2D eigenvalue weighted by Gasteiger charge is 2.24. The Hall–Kier alpha value is -3.14. The van der Waals surface area contributed by atoms with E-state index in [0.29, 0.717) is 49.1 Å². The first kappa shape index (κ1) is 26.9. The summed E-state index contributed by atoms with van der Waals surface area (Å²) in [6.45, 7) is 5.42. The van der Waals surface area contributed by atoms with E-state index in [2.05, 4.69) is 22.5 Å². The summed E-state index contributed by atoms with van der Waals surface area (Å²) in [5.41, 5.74) is 2.05. The standard InChI is InChI=1S/C27H29ClN4O3S2/c1-2-3-16-35-21-9-6-19(7-10-21)25(33)30-27(36)29-20-8-11-23(22(28)18-20)31-12-14-32(15-13-31)26(34)24-5-4-17-37-24/h4-11,17-18H,2-3,12-16H2,1H3,(H2,29,30,33,36). The van der Waals surface area contributed by atoms with Gasteiger partial charge in [0.1, 0.15) is 5.75 Å². The van der Waals surface area contributed by atoms with Gasteiger partial charge in [-0.25, -0.2) is 0 Å². The number of halogens is 1. The lowest BCUT2D eigenvalue weighted by Crippen LogP contribution is -2.48. The van der Waals surface area contributed by atoms with E-state index in [1.54, 1.807) is 30.3 Å². The summed E-state index contributed by atoms with van der Waals surface area (Å²) in [6.07, 6.45) is 2.05. The molecule has 0 radical (unpaired) electrons. The van der Waals surface area contributed by atoms with E-state index in [4.69, 9.17) is 28.6 Å². The molecule has 4 rings (SSSR count). The van der Waals surface area contributed by atoms with Gasteiger partial charge in [0.25, 0.3) is 11.8 Å². The third-order valence-electron chi connectivity index (χ3n) is 5.96. The molecule has 0 unspecified atom stereocenters. The Bertz CT molecular complexity index is 1230. The molecule has 2 N–H and O–H groups in total. The second-order valence-corrected chi connectivity index (χ2v) is 10.3. The highest BCUT2D eigenvalue weighted by Crippen LogP contribution is 2.30. The Morgan fingerprint density at radius 2 is 1.84 bits per heavy atom. The highest BCUT2D eigenvalue weighted by atomic mass is 35.5. The quantitative estimate of drug-likeness (QED) is 0.275. The fourth-order valence-electron chi connectivity index (χ4n) is 3.92. The van der Waals surface area contributed by atoms with E-state index in [-0.39, 0.29) is 16.9 Å². The number of thiocarbonyl (C=S) groups is 1. The molecule has 3 aromatic rings. The Morgan fingerprint density at radius 3 is 2.49 bits per heavy atom. The van der Waals surface area contributed by atoms with Crippen LogP contribution < -0.4 is 20.3 Å². The van der Waals surface area contributed by atoms with Crippen LogP contribution in [-0.4, -0.2) is 54.6 Å². The smallest absolute Gasteiger partial charge is 0.264 e. The van der Waals surface area contributed by atoms with Crippen molar-refractivity contribution in [2.24, 2.45) is 0 Å². The van der Waals surface area contributed by atoms with E-state index in [1.807, 2.05) is 34.5 Å². The number of hydrogen-bond acceptors (Lipinski definition) is 6. The molecule has 0 atom stereocenters. The minimum absolute atomic E-state index is 0.0760. The van der Waals surface area contributed by atoms with Crippen molar-refractivity contribution >= 4 is 63.5 Å². The van der Waals surface area contributed by atoms with Gasteiger partial charge in [0.15, 0.2) is 5.11 Å². The lowest BCUT2D eigenvalue weighted by Gasteiger charge is -2.36. The maximum absolute atomic E-state index is 12.6. The van der Waals surface area contributed by atoms with Gasteiger partial charge in [0.05, 0.1) is 22.2 Å². The van der Waals surface area contributed by atoms with Crippen molar-refractivity contribution in [3.63, 3.8) is 0 Å². The van der Waals surface area contributed by atoms with Crippen molar-refractivity contribution in [3.8, 4) is 5.75 Å². The lowest BCUT2D eigenvalue weighted by atomic mass is 10.2. The van der Waals surface area contributed by atoms with E-state index < -0.39 is 0 Å². The first-order valence-electron chi connectivity index (χ1n) is 12.2. The molecule has 0 spiro atoms. The molecule has 10 heteroatoms. The van der Waals surface area contributed by atoms with Gasteiger partial charge in [-0.1, -0.05) is 31.0 Å². The van der Waals surface area contributed by atoms with Gasteiger partial charge in [-0.3, -0.25) is 14.9 Å². The number of thiophene rings is 1. The number of amides is 2. The summed E-state index contributed by atoms with van der Waals surface area (Å²) in [5, 5.41) is 8.37. The molecule has 1 aromatic heterocycles. The van der Waals surface area contributed by atoms with Crippen LogP contribution in [0.2, 0.25) is 5.02 Å². The van der Waals surface area contributed by atoms with Gasteiger partial charge in [-0.05, 0) is 72.5 Å². The minimum Gasteiger partial charge on any atom is -0.494 e. The zero-order valence-electron chi connectivity index (χ0n) is 20.5. The maximum atomic E-state index is 12.6. The number of unbranched alkanes of at least 4 members (excludes halogenated alkanes) is 1. The molecular formula is C27H29ClN4O3S2. The number of carbonyl (C=O) groups is 2. The van der Waals surface area contributed by atoms with Crippen LogP contribution in [0, 0.1) is 0 Å². The zero-order valence-corrected chi connectivity index (χ0v) is 22.9. The van der Waals surface area contributed by atoms with E-state index >= 15 is 0 Å². The summed E-state index contributed by atoms with van der Waals surface area (Å²) in [6, 6.07) is 16.3. The number of rotatable bonds is 8. The fourth-order valence-corrected chi connectivity index (χ4v) is 5.12. The second-order valence-electron chi connectivity index (χ2n) is 8.56. The molecule has 1 aliphatic rings. The molecule has 2 aromatic carbocycles. The Morgan fingerprint density at radius 1 is 1.08 bits per heavy atom. The summed E-state index contributed by atoms with van der Waals surface area (Å²) in [4.78, 5) is 29.9. The van der Waals surface area contributed by atoms with Gasteiger partial charge < -0.3 is 19.9 Å². The molecule has 1 saturated heterocycles. The number of carbonyl (C=O) groups excluding carboxylic acids is 2. The first-order chi connectivity index (χ1) is 17.9. The first-order valence-corrected chi connectivity index (χ1v) is 13.8. The molecule has 7 nitrogen and oxygen atoms in total. The summed E-state index contributed by atoms with van der Waals surface area (Å²) >= 11 is 13.4. The number of nitrogens with zero attached hydrogens (tertiary/aromatic N) is 2. The van der Waals surface area contributed by atoms with Crippen LogP contribution in [-0.2, 0) is 0 Å².